The van der Waals surface area contributed by atoms with Gasteiger partial charge in [-0.1, -0.05) is 23.7 Å². The van der Waals surface area contributed by atoms with Gasteiger partial charge >= 0.3 is 0 Å². The van der Waals surface area contributed by atoms with E-state index in [-0.39, 0.29) is 11.3 Å². The first-order valence-corrected chi connectivity index (χ1v) is 9.96. The van der Waals surface area contributed by atoms with E-state index in [2.05, 4.69) is 17.4 Å². The number of hydrogen-bond donors (Lipinski definition) is 1. The molecule has 0 unspecified atom stereocenters. The van der Waals surface area contributed by atoms with Crippen molar-refractivity contribution in [3.8, 4) is 11.5 Å². The lowest BCUT2D eigenvalue weighted by Crippen LogP contribution is -2.44. The molecule has 1 N–H and O–H groups in total. The van der Waals surface area contributed by atoms with Crippen LogP contribution in [-0.2, 0) is 14.9 Å². The predicted octanol–water partition coefficient (Wildman–Crippen LogP) is 4.24. The van der Waals surface area contributed by atoms with Crippen molar-refractivity contribution in [3.63, 3.8) is 0 Å². The number of carbonyl (C=O) groups excluding carboxylic acids is 1. The molecule has 1 heterocycles. The molecule has 0 aliphatic carbocycles. The number of benzene rings is 2. The maximum absolute atomic E-state index is 12.5. The molecule has 154 valence electrons. The van der Waals surface area contributed by atoms with Crippen molar-refractivity contribution in [3.05, 3.63) is 64.7 Å². The van der Waals surface area contributed by atoms with Crippen LogP contribution in [0.3, 0.4) is 0 Å². The summed E-state index contributed by atoms with van der Waals surface area (Å²) in [5, 5.41) is 3.65. The highest BCUT2D eigenvalue weighted by atomic mass is 35.5. The van der Waals surface area contributed by atoms with Crippen LogP contribution in [0.5, 0.6) is 11.5 Å². The number of hydrogen-bond acceptors (Lipinski definition) is 4. The van der Waals surface area contributed by atoms with Crippen molar-refractivity contribution in [2.45, 2.75) is 18.3 Å². The summed E-state index contributed by atoms with van der Waals surface area (Å²) in [6.45, 7) is 1.90. The average molecular weight is 416 g/mol. The van der Waals surface area contributed by atoms with E-state index in [1.54, 1.807) is 38.5 Å². The molecule has 1 aliphatic heterocycles. The molecule has 0 radical (unpaired) electrons. The monoisotopic (exact) mass is 415 g/mol. The normalized spacial score (nSPS) is 15.8. The molecular formula is C23H26ClNO4. The third kappa shape index (κ3) is 5.31. The van der Waals surface area contributed by atoms with E-state index in [9.17, 15) is 4.79 Å². The van der Waals surface area contributed by atoms with Gasteiger partial charge in [0.2, 0.25) is 5.91 Å². The number of carbonyl (C=O) groups is 1. The second kappa shape index (κ2) is 9.81. The molecule has 6 heteroatoms. The van der Waals surface area contributed by atoms with Crippen LogP contribution >= 0.6 is 11.6 Å². The van der Waals surface area contributed by atoms with Gasteiger partial charge in [-0.15, -0.1) is 0 Å². The molecule has 1 fully saturated rings. The zero-order valence-electron chi connectivity index (χ0n) is 16.7. The number of rotatable bonds is 7. The maximum atomic E-state index is 12.5. The minimum absolute atomic E-state index is 0.151. The Morgan fingerprint density at radius 1 is 1.14 bits per heavy atom. The zero-order chi connectivity index (χ0) is 20.7. The van der Waals surface area contributed by atoms with Crippen molar-refractivity contribution in [2.24, 2.45) is 0 Å². The summed E-state index contributed by atoms with van der Waals surface area (Å²) in [6.07, 6.45) is 4.93. The van der Waals surface area contributed by atoms with Gasteiger partial charge in [0.15, 0.2) is 0 Å². The Bertz CT molecular complexity index is 858. The highest BCUT2D eigenvalue weighted by Gasteiger charge is 2.34. The second-order valence-corrected chi connectivity index (χ2v) is 7.50. The smallest absolute Gasteiger partial charge is 0.244 e. The van der Waals surface area contributed by atoms with Crippen molar-refractivity contribution in [1.29, 1.82) is 0 Å². The fraction of sp³-hybridized carbons (Fsp3) is 0.348. The van der Waals surface area contributed by atoms with E-state index in [1.807, 2.05) is 12.1 Å². The number of ether oxygens (including phenoxy) is 3. The Labute approximate surface area is 176 Å². The first-order valence-electron chi connectivity index (χ1n) is 9.58. The fourth-order valence-corrected chi connectivity index (χ4v) is 3.77. The standard InChI is InChI=1S/C23H26ClNO4/c1-27-20-7-4-18(5-8-20)23(11-13-29-14-12-23)16-25-22(26)10-3-17-15-19(24)6-9-21(17)28-2/h3-10,15H,11-14,16H2,1-2H3,(H,25,26). The zero-order valence-corrected chi connectivity index (χ0v) is 17.5. The summed E-state index contributed by atoms with van der Waals surface area (Å²) in [5.74, 6) is 1.32. The minimum atomic E-state index is -0.161. The van der Waals surface area contributed by atoms with Gasteiger partial charge in [-0.3, -0.25) is 4.79 Å². The van der Waals surface area contributed by atoms with Crippen molar-refractivity contribution >= 4 is 23.6 Å². The highest BCUT2D eigenvalue weighted by molar-refractivity contribution is 6.30. The van der Waals surface area contributed by atoms with Gasteiger partial charge < -0.3 is 19.5 Å². The maximum Gasteiger partial charge on any atom is 0.244 e. The summed E-state index contributed by atoms with van der Waals surface area (Å²) in [5.41, 5.74) is 1.79. The van der Waals surface area contributed by atoms with Gasteiger partial charge in [-0.05, 0) is 54.8 Å². The van der Waals surface area contributed by atoms with Crippen LogP contribution in [0, 0.1) is 0 Å². The molecule has 1 aliphatic rings. The van der Waals surface area contributed by atoms with E-state index in [0.29, 0.717) is 30.5 Å². The van der Waals surface area contributed by atoms with E-state index < -0.39 is 0 Å². The van der Waals surface area contributed by atoms with Crippen LogP contribution in [0.2, 0.25) is 5.02 Å². The molecule has 1 amide bonds. The van der Waals surface area contributed by atoms with Gasteiger partial charge in [0, 0.05) is 41.8 Å². The van der Waals surface area contributed by atoms with Crippen LogP contribution < -0.4 is 14.8 Å². The molecule has 0 spiro atoms. The number of halogens is 1. The predicted molar refractivity (Wildman–Crippen MR) is 115 cm³/mol. The molecule has 1 saturated heterocycles. The summed E-state index contributed by atoms with van der Waals surface area (Å²) in [6, 6.07) is 13.4. The molecule has 0 bridgehead atoms. The van der Waals surface area contributed by atoms with Crippen LogP contribution in [0.25, 0.3) is 6.08 Å². The van der Waals surface area contributed by atoms with Gasteiger partial charge in [0.05, 0.1) is 14.2 Å². The molecule has 0 saturated carbocycles. The van der Waals surface area contributed by atoms with Crippen LogP contribution in [0.4, 0.5) is 0 Å². The number of amides is 1. The Balaban J connectivity index is 1.71. The molecule has 2 aromatic rings. The third-order valence-corrected chi connectivity index (χ3v) is 5.59. The van der Waals surface area contributed by atoms with Crippen LogP contribution in [0.15, 0.2) is 48.5 Å². The molecule has 0 aromatic heterocycles. The lowest BCUT2D eigenvalue weighted by molar-refractivity contribution is -0.116. The van der Waals surface area contributed by atoms with E-state index in [0.717, 1.165) is 24.2 Å². The van der Waals surface area contributed by atoms with Crippen molar-refractivity contribution < 1.29 is 19.0 Å². The molecule has 5 nitrogen and oxygen atoms in total. The summed E-state index contributed by atoms with van der Waals surface area (Å²) < 4.78 is 16.1. The first kappa shape index (κ1) is 21.2. The van der Waals surface area contributed by atoms with Gasteiger partial charge in [0.1, 0.15) is 11.5 Å². The third-order valence-electron chi connectivity index (χ3n) is 5.36. The second-order valence-electron chi connectivity index (χ2n) is 7.06. The molecule has 3 rings (SSSR count). The minimum Gasteiger partial charge on any atom is -0.497 e. The van der Waals surface area contributed by atoms with E-state index in [4.69, 9.17) is 25.8 Å². The topological polar surface area (TPSA) is 56.8 Å². The summed E-state index contributed by atoms with van der Waals surface area (Å²) in [4.78, 5) is 12.5. The Kier molecular flexibility index (Phi) is 7.18. The molecule has 29 heavy (non-hydrogen) atoms. The first-order chi connectivity index (χ1) is 14.1. The van der Waals surface area contributed by atoms with Crippen molar-refractivity contribution in [2.75, 3.05) is 34.0 Å². The van der Waals surface area contributed by atoms with E-state index >= 15 is 0 Å². The Morgan fingerprint density at radius 2 is 1.86 bits per heavy atom. The SMILES string of the molecule is COc1ccc(C2(CNC(=O)C=Cc3cc(Cl)ccc3OC)CCOCC2)cc1. The summed E-state index contributed by atoms with van der Waals surface area (Å²) in [7, 11) is 3.24. The Hall–Kier alpha value is -2.50. The Morgan fingerprint density at radius 3 is 2.52 bits per heavy atom. The lowest BCUT2D eigenvalue weighted by Gasteiger charge is -2.38. The quantitative estimate of drug-likeness (QED) is 0.687. The number of nitrogens with one attached hydrogen (secondary N) is 1. The molecule has 2 aromatic carbocycles. The lowest BCUT2D eigenvalue weighted by atomic mass is 9.74. The molecular weight excluding hydrogens is 390 g/mol. The van der Waals surface area contributed by atoms with Gasteiger partial charge in [0.25, 0.3) is 0 Å². The van der Waals surface area contributed by atoms with Gasteiger partial charge in [-0.25, -0.2) is 0 Å². The van der Waals surface area contributed by atoms with Gasteiger partial charge in [-0.2, -0.15) is 0 Å². The van der Waals surface area contributed by atoms with Crippen molar-refractivity contribution in [1.82, 2.24) is 5.32 Å². The van der Waals surface area contributed by atoms with E-state index in [1.165, 1.54) is 11.6 Å². The van der Waals surface area contributed by atoms with Crippen LogP contribution in [0.1, 0.15) is 24.0 Å². The number of methoxy groups -OCH3 is 2. The molecule has 0 atom stereocenters. The fourth-order valence-electron chi connectivity index (χ4n) is 3.59. The largest absolute Gasteiger partial charge is 0.497 e. The van der Waals surface area contributed by atoms with Crippen LogP contribution in [-0.4, -0.2) is 39.9 Å². The summed E-state index contributed by atoms with van der Waals surface area (Å²) >= 11 is 6.05. The highest BCUT2D eigenvalue weighted by Crippen LogP contribution is 2.35. The average Bonchev–Trinajstić information content (AvgIpc) is 2.77.